The van der Waals surface area contributed by atoms with Crippen molar-refractivity contribution in [2.45, 2.75) is 26.1 Å². The lowest BCUT2D eigenvalue weighted by Gasteiger charge is -2.26. The highest BCUT2D eigenvalue weighted by Gasteiger charge is 2.19. The number of hydrogen-bond acceptors (Lipinski definition) is 3. The van der Waals surface area contributed by atoms with Crippen molar-refractivity contribution in [1.29, 1.82) is 0 Å². The molecule has 1 N–H and O–H groups in total. The van der Waals surface area contributed by atoms with E-state index in [2.05, 4.69) is 47.6 Å². The second-order valence-corrected chi connectivity index (χ2v) is 4.95. The van der Waals surface area contributed by atoms with Gasteiger partial charge in [-0.15, -0.1) is 0 Å². The lowest BCUT2D eigenvalue weighted by Crippen LogP contribution is -2.29. The molecule has 0 saturated heterocycles. The van der Waals surface area contributed by atoms with Gasteiger partial charge in [0.15, 0.2) is 0 Å². The molecule has 98 valence electrons. The molecule has 1 aliphatic heterocycles. The Balaban J connectivity index is 1.73. The van der Waals surface area contributed by atoms with Crippen LogP contribution in [0.15, 0.2) is 42.7 Å². The second-order valence-electron chi connectivity index (χ2n) is 4.95. The van der Waals surface area contributed by atoms with Crippen molar-refractivity contribution >= 4 is 0 Å². The van der Waals surface area contributed by atoms with Gasteiger partial charge in [-0.3, -0.25) is 4.98 Å². The van der Waals surface area contributed by atoms with E-state index in [1.165, 1.54) is 22.3 Å². The lowest BCUT2D eigenvalue weighted by atomic mass is 9.99. The molecule has 0 bridgehead atoms. The normalized spacial score (nSPS) is 18.1. The van der Waals surface area contributed by atoms with Crippen molar-refractivity contribution in [3.05, 3.63) is 65.0 Å². The Hall–Kier alpha value is -1.71. The molecule has 1 aromatic carbocycles. The summed E-state index contributed by atoms with van der Waals surface area (Å²) < 4.78 is 5.65. The van der Waals surface area contributed by atoms with Crippen LogP contribution >= 0.6 is 0 Å². The predicted molar refractivity (Wildman–Crippen MR) is 74.7 cm³/mol. The average Bonchev–Trinajstić information content (AvgIpc) is 2.46. The van der Waals surface area contributed by atoms with Gasteiger partial charge in [-0.1, -0.05) is 24.3 Å². The van der Waals surface area contributed by atoms with Gasteiger partial charge in [0.2, 0.25) is 0 Å². The van der Waals surface area contributed by atoms with Crippen LogP contribution in [0.25, 0.3) is 0 Å². The summed E-state index contributed by atoms with van der Waals surface area (Å²) in [5.74, 6) is 0. The van der Waals surface area contributed by atoms with Gasteiger partial charge in [0.1, 0.15) is 0 Å². The van der Waals surface area contributed by atoms with Crippen LogP contribution in [0.1, 0.15) is 28.3 Å². The van der Waals surface area contributed by atoms with Crippen LogP contribution in [-0.2, 0) is 17.9 Å². The highest BCUT2D eigenvalue weighted by Crippen LogP contribution is 2.24. The summed E-state index contributed by atoms with van der Waals surface area (Å²) in [6.07, 6.45) is 3.75. The Kier molecular flexibility index (Phi) is 3.58. The number of aromatic nitrogens is 1. The van der Waals surface area contributed by atoms with Gasteiger partial charge in [0, 0.05) is 18.9 Å². The third-order valence-electron chi connectivity index (χ3n) is 3.65. The molecule has 3 heteroatoms. The molecule has 1 unspecified atom stereocenters. The standard InChI is InChI=1S/C16H18N2O/c1-12-8-17-7-6-13(12)9-18-16-11-19-10-14-4-2-3-5-15(14)16/h2-8,16,18H,9-11H2,1H3. The zero-order valence-corrected chi connectivity index (χ0v) is 11.1. The van der Waals surface area contributed by atoms with Crippen molar-refractivity contribution in [2.75, 3.05) is 6.61 Å². The number of rotatable bonds is 3. The van der Waals surface area contributed by atoms with E-state index in [0.29, 0.717) is 0 Å². The number of hydrogen-bond donors (Lipinski definition) is 1. The summed E-state index contributed by atoms with van der Waals surface area (Å²) in [4.78, 5) is 4.12. The number of ether oxygens (including phenoxy) is 1. The third-order valence-corrected chi connectivity index (χ3v) is 3.65. The van der Waals surface area contributed by atoms with E-state index in [1.807, 2.05) is 12.4 Å². The summed E-state index contributed by atoms with van der Waals surface area (Å²) in [5.41, 5.74) is 5.16. The molecule has 0 spiro atoms. The monoisotopic (exact) mass is 254 g/mol. The Bertz CT molecular complexity index is 568. The SMILES string of the molecule is Cc1cnccc1CNC1COCc2ccccc21. The molecule has 19 heavy (non-hydrogen) atoms. The van der Waals surface area contributed by atoms with E-state index in [4.69, 9.17) is 4.74 Å². The zero-order chi connectivity index (χ0) is 13.1. The van der Waals surface area contributed by atoms with E-state index in [1.54, 1.807) is 0 Å². The topological polar surface area (TPSA) is 34.2 Å². The predicted octanol–water partition coefficient (Wildman–Crippen LogP) is 2.75. The molecule has 0 aliphatic carbocycles. The molecule has 1 aliphatic rings. The molecule has 3 nitrogen and oxygen atoms in total. The molecule has 3 rings (SSSR count). The van der Waals surface area contributed by atoms with Gasteiger partial charge in [0.25, 0.3) is 0 Å². The van der Waals surface area contributed by atoms with E-state index in [0.717, 1.165) is 19.8 Å². The molecule has 1 aromatic heterocycles. The van der Waals surface area contributed by atoms with E-state index < -0.39 is 0 Å². The number of pyridine rings is 1. The molecule has 0 saturated carbocycles. The fourth-order valence-corrected chi connectivity index (χ4v) is 2.48. The Morgan fingerprint density at radius 3 is 3.11 bits per heavy atom. The highest BCUT2D eigenvalue weighted by atomic mass is 16.5. The van der Waals surface area contributed by atoms with Crippen LogP contribution in [0.3, 0.4) is 0 Å². The van der Waals surface area contributed by atoms with Crippen molar-refractivity contribution in [1.82, 2.24) is 10.3 Å². The molecule has 2 aromatic rings. The summed E-state index contributed by atoms with van der Waals surface area (Å²) in [6.45, 7) is 4.40. The zero-order valence-electron chi connectivity index (χ0n) is 11.1. The van der Waals surface area contributed by atoms with Crippen LogP contribution in [0.5, 0.6) is 0 Å². The van der Waals surface area contributed by atoms with Crippen molar-refractivity contribution in [2.24, 2.45) is 0 Å². The Morgan fingerprint density at radius 2 is 2.21 bits per heavy atom. The lowest BCUT2D eigenvalue weighted by molar-refractivity contribution is 0.0816. The molecule has 0 radical (unpaired) electrons. The first-order valence-corrected chi connectivity index (χ1v) is 6.63. The van der Waals surface area contributed by atoms with Crippen LogP contribution in [0.2, 0.25) is 0 Å². The minimum absolute atomic E-state index is 0.275. The maximum Gasteiger partial charge on any atom is 0.0721 e. The fourth-order valence-electron chi connectivity index (χ4n) is 2.48. The minimum Gasteiger partial charge on any atom is -0.375 e. The number of fused-ring (bicyclic) bond motifs is 1. The largest absolute Gasteiger partial charge is 0.375 e. The fraction of sp³-hybridized carbons (Fsp3) is 0.312. The summed E-state index contributed by atoms with van der Waals surface area (Å²) in [6, 6.07) is 10.8. The molecule has 2 heterocycles. The number of nitrogens with zero attached hydrogens (tertiary/aromatic N) is 1. The Morgan fingerprint density at radius 1 is 1.32 bits per heavy atom. The van der Waals surface area contributed by atoms with E-state index in [-0.39, 0.29) is 6.04 Å². The molecule has 0 amide bonds. The maximum absolute atomic E-state index is 5.65. The van der Waals surface area contributed by atoms with Gasteiger partial charge in [-0.05, 0) is 35.2 Å². The van der Waals surface area contributed by atoms with Gasteiger partial charge in [0.05, 0.1) is 19.3 Å². The number of aryl methyl sites for hydroxylation is 1. The minimum atomic E-state index is 0.275. The highest BCUT2D eigenvalue weighted by molar-refractivity contribution is 5.31. The first kappa shape index (κ1) is 12.3. The quantitative estimate of drug-likeness (QED) is 0.914. The van der Waals surface area contributed by atoms with Crippen LogP contribution in [-0.4, -0.2) is 11.6 Å². The van der Waals surface area contributed by atoms with Crippen LogP contribution in [0.4, 0.5) is 0 Å². The smallest absolute Gasteiger partial charge is 0.0721 e. The van der Waals surface area contributed by atoms with Gasteiger partial charge < -0.3 is 10.1 Å². The summed E-state index contributed by atoms with van der Waals surface area (Å²) in [7, 11) is 0. The molecular weight excluding hydrogens is 236 g/mol. The number of benzene rings is 1. The van der Waals surface area contributed by atoms with Gasteiger partial charge >= 0.3 is 0 Å². The summed E-state index contributed by atoms with van der Waals surface area (Å²) in [5, 5.41) is 3.58. The maximum atomic E-state index is 5.65. The van der Waals surface area contributed by atoms with E-state index in [9.17, 15) is 0 Å². The first-order valence-electron chi connectivity index (χ1n) is 6.63. The van der Waals surface area contributed by atoms with Crippen LogP contribution in [0, 0.1) is 6.92 Å². The average molecular weight is 254 g/mol. The van der Waals surface area contributed by atoms with Gasteiger partial charge in [-0.25, -0.2) is 0 Å². The molecule has 1 atom stereocenters. The molecular formula is C16H18N2O. The Labute approximate surface area is 113 Å². The van der Waals surface area contributed by atoms with Crippen molar-refractivity contribution in [3.8, 4) is 0 Å². The van der Waals surface area contributed by atoms with Crippen LogP contribution < -0.4 is 5.32 Å². The second kappa shape index (κ2) is 5.51. The van der Waals surface area contributed by atoms with Crippen molar-refractivity contribution in [3.63, 3.8) is 0 Å². The van der Waals surface area contributed by atoms with Crippen molar-refractivity contribution < 1.29 is 4.74 Å². The third kappa shape index (κ3) is 2.67. The molecule has 0 fully saturated rings. The van der Waals surface area contributed by atoms with E-state index >= 15 is 0 Å². The number of nitrogens with one attached hydrogen (secondary N) is 1. The summed E-state index contributed by atoms with van der Waals surface area (Å²) >= 11 is 0. The van der Waals surface area contributed by atoms with Gasteiger partial charge in [-0.2, -0.15) is 0 Å². The first-order chi connectivity index (χ1) is 9.34.